The summed E-state index contributed by atoms with van der Waals surface area (Å²) in [6, 6.07) is -0.0950. The number of hydrogen-bond acceptors (Lipinski definition) is 7. The highest BCUT2D eigenvalue weighted by Gasteiger charge is 2.57. The molecule has 3 heterocycles. The molecule has 194 valence electrons. The maximum absolute atomic E-state index is 12.3. The van der Waals surface area contributed by atoms with Gasteiger partial charge >= 0.3 is 5.97 Å². The summed E-state index contributed by atoms with van der Waals surface area (Å²) in [5, 5.41) is 13.5. The molecule has 1 spiro atoms. The van der Waals surface area contributed by atoms with Crippen LogP contribution in [0.4, 0.5) is 0 Å². The predicted octanol–water partition coefficient (Wildman–Crippen LogP) is 3.12. The van der Waals surface area contributed by atoms with E-state index in [0.29, 0.717) is 18.8 Å². The first kappa shape index (κ1) is 27.2. The number of aliphatic hydroxyl groups is 1. The first-order valence-corrected chi connectivity index (χ1v) is 12.3. The Kier molecular flexibility index (Phi) is 8.96. The van der Waals surface area contributed by atoms with Gasteiger partial charge in [-0.25, -0.2) is 0 Å². The van der Waals surface area contributed by atoms with E-state index >= 15 is 0 Å². The lowest BCUT2D eigenvalue weighted by atomic mass is 9.88. The minimum Gasteiger partial charge on any atom is -0.488 e. The SMILES string of the molecule is C=C1C[C@@]2(CO2)[C@H](O)[C@@H](/C=C/C(C)=C/C[C@@H]2O[C@H](C)[C@H](NC(=O)/C=C\[C@H](C)OC(C)=O)C[C@@H]2C)O1. The van der Waals surface area contributed by atoms with Crippen LogP contribution in [0.25, 0.3) is 0 Å². The van der Waals surface area contributed by atoms with Crippen molar-refractivity contribution in [1.29, 1.82) is 0 Å². The van der Waals surface area contributed by atoms with E-state index in [1.165, 1.54) is 13.0 Å². The molecule has 0 bridgehead atoms. The van der Waals surface area contributed by atoms with Gasteiger partial charge in [-0.05, 0) is 51.7 Å². The lowest BCUT2D eigenvalue weighted by Gasteiger charge is -2.39. The monoisotopic (exact) mass is 489 g/mol. The van der Waals surface area contributed by atoms with Crippen molar-refractivity contribution in [2.45, 2.75) is 96.0 Å². The van der Waals surface area contributed by atoms with Gasteiger partial charge in [-0.2, -0.15) is 0 Å². The highest BCUT2D eigenvalue weighted by Crippen LogP contribution is 2.43. The zero-order valence-electron chi connectivity index (χ0n) is 21.4. The summed E-state index contributed by atoms with van der Waals surface area (Å²) in [7, 11) is 0. The highest BCUT2D eigenvalue weighted by atomic mass is 16.6. The molecule has 1 amide bonds. The second-order valence-electron chi connectivity index (χ2n) is 10.0. The van der Waals surface area contributed by atoms with Gasteiger partial charge in [0.2, 0.25) is 5.91 Å². The van der Waals surface area contributed by atoms with E-state index in [1.54, 1.807) is 13.0 Å². The Labute approximate surface area is 208 Å². The summed E-state index contributed by atoms with van der Waals surface area (Å²) in [6.07, 6.45) is 9.26. The third kappa shape index (κ3) is 7.53. The summed E-state index contributed by atoms with van der Waals surface area (Å²) in [4.78, 5) is 23.3. The maximum Gasteiger partial charge on any atom is 0.303 e. The standard InChI is InChI=1S/C27H39NO7/c1-16(8-11-24-26(31)27(15-32-27)14-19(4)34-24)7-10-23-17(2)13-22(20(5)35-23)28-25(30)12-9-18(3)33-21(6)29/h7-9,11-12,17-18,20,22-24,26,31H,4,10,13-15H2,1-3,5-6H3,(H,28,30)/b11-8+,12-9-,16-7+/t17-,18-,20+,22+,23-,24+,26+,27+/m0/s1. The van der Waals surface area contributed by atoms with Crippen LogP contribution in [0, 0.1) is 5.92 Å². The van der Waals surface area contributed by atoms with Gasteiger partial charge in [0, 0.05) is 19.4 Å². The number of carbonyl (C=O) groups excluding carboxylic acids is 2. The zero-order valence-corrected chi connectivity index (χ0v) is 21.4. The smallest absolute Gasteiger partial charge is 0.303 e. The van der Waals surface area contributed by atoms with Crippen molar-refractivity contribution < 1.29 is 33.6 Å². The van der Waals surface area contributed by atoms with Gasteiger partial charge in [0.25, 0.3) is 0 Å². The normalized spacial score (nSPS) is 36.3. The molecule has 0 saturated carbocycles. The highest BCUT2D eigenvalue weighted by molar-refractivity contribution is 5.87. The fourth-order valence-corrected chi connectivity index (χ4v) is 4.63. The molecule has 8 heteroatoms. The molecule has 0 aromatic rings. The number of epoxide rings is 1. The van der Waals surface area contributed by atoms with Crippen LogP contribution in [0.15, 0.2) is 48.3 Å². The van der Waals surface area contributed by atoms with E-state index in [1.807, 2.05) is 26.0 Å². The lowest BCUT2D eigenvalue weighted by molar-refractivity contribution is -0.143. The fourth-order valence-electron chi connectivity index (χ4n) is 4.63. The molecule has 0 unspecified atom stereocenters. The first-order chi connectivity index (χ1) is 16.5. The fraction of sp³-hybridized carbons (Fsp3) is 0.630. The van der Waals surface area contributed by atoms with E-state index in [2.05, 4.69) is 24.9 Å². The zero-order chi connectivity index (χ0) is 25.8. The van der Waals surface area contributed by atoms with Crippen LogP contribution in [0.1, 0.15) is 53.9 Å². The second kappa shape index (κ2) is 11.5. The van der Waals surface area contributed by atoms with Crippen LogP contribution < -0.4 is 5.32 Å². The Morgan fingerprint density at radius 1 is 1.31 bits per heavy atom. The van der Waals surface area contributed by atoms with Gasteiger partial charge in [-0.15, -0.1) is 0 Å². The number of nitrogens with one attached hydrogen (secondary N) is 1. The van der Waals surface area contributed by atoms with Gasteiger partial charge in [0.05, 0.1) is 30.6 Å². The van der Waals surface area contributed by atoms with Crippen molar-refractivity contribution in [3.8, 4) is 0 Å². The number of esters is 1. The maximum atomic E-state index is 12.3. The van der Waals surface area contributed by atoms with Gasteiger partial charge in [0.1, 0.15) is 23.9 Å². The van der Waals surface area contributed by atoms with Gasteiger partial charge < -0.3 is 29.4 Å². The molecule has 8 nitrogen and oxygen atoms in total. The largest absolute Gasteiger partial charge is 0.488 e. The molecule has 3 rings (SSSR count). The second-order valence-corrected chi connectivity index (χ2v) is 10.0. The topological polar surface area (TPSA) is 107 Å². The Morgan fingerprint density at radius 2 is 2.03 bits per heavy atom. The molecule has 3 fully saturated rings. The molecule has 0 aromatic heterocycles. The van der Waals surface area contributed by atoms with E-state index in [-0.39, 0.29) is 36.0 Å². The van der Waals surface area contributed by atoms with Gasteiger partial charge in [0.15, 0.2) is 0 Å². The van der Waals surface area contributed by atoms with E-state index in [0.717, 1.165) is 18.4 Å². The molecule has 3 aliphatic rings. The Balaban J connectivity index is 1.47. The van der Waals surface area contributed by atoms with Crippen molar-refractivity contribution >= 4 is 11.9 Å². The van der Waals surface area contributed by atoms with Crippen molar-refractivity contribution in [3.05, 3.63) is 48.3 Å². The Morgan fingerprint density at radius 3 is 2.69 bits per heavy atom. The van der Waals surface area contributed by atoms with Crippen molar-refractivity contribution in [1.82, 2.24) is 5.32 Å². The number of rotatable bonds is 8. The van der Waals surface area contributed by atoms with Gasteiger partial charge in [-0.3, -0.25) is 9.59 Å². The predicted molar refractivity (Wildman–Crippen MR) is 131 cm³/mol. The number of amides is 1. The first-order valence-electron chi connectivity index (χ1n) is 12.3. The number of carbonyl (C=O) groups is 2. The molecule has 8 atom stereocenters. The molecule has 0 aromatic carbocycles. The van der Waals surface area contributed by atoms with Crippen LogP contribution in [0.3, 0.4) is 0 Å². The van der Waals surface area contributed by atoms with Crippen molar-refractivity contribution in [2.75, 3.05) is 6.61 Å². The molecule has 0 radical (unpaired) electrons. The summed E-state index contributed by atoms with van der Waals surface area (Å²) >= 11 is 0. The van der Waals surface area contributed by atoms with Crippen LogP contribution in [0.5, 0.6) is 0 Å². The van der Waals surface area contributed by atoms with E-state index in [9.17, 15) is 14.7 Å². The van der Waals surface area contributed by atoms with Crippen LogP contribution in [-0.4, -0.2) is 65.8 Å². The Hall–Kier alpha value is -2.42. The van der Waals surface area contributed by atoms with Crippen LogP contribution >= 0.6 is 0 Å². The minimum absolute atomic E-state index is 0.0421. The molecular formula is C27H39NO7. The van der Waals surface area contributed by atoms with Crippen LogP contribution in [0.2, 0.25) is 0 Å². The third-order valence-electron chi connectivity index (χ3n) is 6.80. The number of hydrogen-bond donors (Lipinski definition) is 2. The molecule has 3 saturated heterocycles. The molecule has 2 N–H and O–H groups in total. The quantitative estimate of drug-likeness (QED) is 0.233. The summed E-state index contributed by atoms with van der Waals surface area (Å²) in [6.45, 7) is 13.6. The van der Waals surface area contributed by atoms with Gasteiger partial charge in [-0.1, -0.05) is 31.2 Å². The lowest BCUT2D eigenvalue weighted by Crippen LogP contribution is -2.50. The summed E-state index contributed by atoms with van der Waals surface area (Å²) in [5.41, 5.74) is 0.528. The number of aliphatic hydroxyl groups excluding tert-OH is 1. The van der Waals surface area contributed by atoms with E-state index < -0.39 is 23.9 Å². The minimum atomic E-state index is -0.702. The number of allylic oxidation sites excluding steroid dienone is 2. The Bertz CT molecular complexity index is 888. The summed E-state index contributed by atoms with van der Waals surface area (Å²) < 4.78 is 22.4. The number of ether oxygens (including phenoxy) is 4. The molecular weight excluding hydrogens is 450 g/mol. The van der Waals surface area contributed by atoms with E-state index in [4.69, 9.17) is 18.9 Å². The molecule has 3 aliphatic heterocycles. The van der Waals surface area contributed by atoms with Crippen LogP contribution in [-0.2, 0) is 28.5 Å². The van der Waals surface area contributed by atoms with Crippen molar-refractivity contribution in [3.63, 3.8) is 0 Å². The third-order valence-corrected chi connectivity index (χ3v) is 6.80. The van der Waals surface area contributed by atoms with Crippen molar-refractivity contribution in [2.24, 2.45) is 5.92 Å². The average molecular weight is 490 g/mol. The average Bonchev–Trinajstić information content (AvgIpc) is 3.54. The molecule has 0 aliphatic carbocycles. The molecule has 35 heavy (non-hydrogen) atoms. The summed E-state index contributed by atoms with van der Waals surface area (Å²) in [5.74, 6) is 0.276.